The van der Waals surface area contributed by atoms with Gasteiger partial charge in [-0.2, -0.15) is 26.3 Å². The number of rotatable bonds is 4. The van der Waals surface area contributed by atoms with Crippen LogP contribution >= 0.6 is 12.4 Å². The number of hydrogen-bond donors (Lipinski definition) is 1. The Balaban J connectivity index is 0.00000364. The molecule has 1 fully saturated rings. The molecule has 0 saturated carbocycles. The molecule has 1 N–H and O–H groups in total. The topological polar surface area (TPSA) is 49.4 Å². The zero-order valence-electron chi connectivity index (χ0n) is 14.2. The molecule has 1 aliphatic heterocycles. The summed E-state index contributed by atoms with van der Waals surface area (Å²) < 4.78 is 104. The maximum atomic E-state index is 12.9. The fraction of sp³-hybridized carbons (Fsp3) is 0.600. The first-order valence-electron chi connectivity index (χ1n) is 7.87. The molecular formula is C15H19ClF6N2O2S. The summed E-state index contributed by atoms with van der Waals surface area (Å²) in [6.45, 7) is 3.91. The number of likely N-dealkylation sites (tertiary alicyclic amines) is 1. The van der Waals surface area contributed by atoms with Crippen molar-refractivity contribution in [2.45, 2.75) is 43.1 Å². The number of nitrogens with one attached hydrogen (secondary N) is 1. The van der Waals surface area contributed by atoms with Crippen molar-refractivity contribution >= 4 is 22.4 Å². The zero-order valence-corrected chi connectivity index (χ0v) is 15.8. The van der Waals surface area contributed by atoms with Crippen LogP contribution in [0.5, 0.6) is 0 Å². The molecule has 0 radical (unpaired) electrons. The summed E-state index contributed by atoms with van der Waals surface area (Å²) in [5, 5.41) is 0. The van der Waals surface area contributed by atoms with Gasteiger partial charge in [-0.15, -0.1) is 12.4 Å². The van der Waals surface area contributed by atoms with E-state index in [2.05, 4.69) is 9.62 Å². The summed E-state index contributed by atoms with van der Waals surface area (Å²) in [5.41, 5.74) is -3.32. The molecule has 0 atom stereocenters. The third kappa shape index (κ3) is 6.23. The van der Waals surface area contributed by atoms with Crippen LogP contribution in [0.4, 0.5) is 26.3 Å². The summed E-state index contributed by atoms with van der Waals surface area (Å²) in [6.07, 6.45) is -9.34. The Bertz CT molecular complexity index is 711. The molecule has 0 spiro atoms. The lowest BCUT2D eigenvalue weighted by molar-refractivity contribution is -0.143. The molecule has 27 heavy (non-hydrogen) atoms. The van der Waals surface area contributed by atoms with Crippen LogP contribution in [0.25, 0.3) is 0 Å². The molecule has 1 aliphatic rings. The van der Waals surface area contributed by atoms with E-state index < -0.39 is 44.4 Å². The van der Waals surface area contributed by atoms with Crippen molar-refractivity contribution in [1.29, 1.82) is 0 Å². The smallest absolute Gasteiger partial charge is 0.303 e. The van der Waals surface area contributed by atoms with Crippen LogP contribution in [0, 0.1) is 0 Å². The van der Waals surface area contributed by atoms with Crippen molar-refractivity contribution in [3.05, 3.63) is 29.3 Å². The first-order chi connectivity index (χ1) is 11.8. The second kappa shape index (κ2) is 8.54. The molecule has 0 bridgehead atoms. The highest BCUT2D eigenvalue weighted by molar-refractivity contribution is 7.89. The number of hydrogen-bond acceptors (Lipinski definition) is 3. The lowest BCUT2D eigenvalue weighted by atomic mass is 10.1. The summed E-state index contributed by atoms with van der Waals surface area (Å²) in [4.78, 5) is 1.02. The second-order valence-electron chi connectivity index (χ2n) is 6.07. The normalized spacial score (nSPS) is 17.6. The number of nitrogens with zero attached hydrogens (tertiary/aromatic N) is 1. The van der Waals surface area contributed by atoms with Crippen LogP contribution in [-0.4, -0.2) is 39.0 Å². The number of sulfonamides is 1. The van der Waals surface area contributed by atoms with E-state index in [1.54, 1.807) is 0 Å². The Morgan fingerprint density at radius 1 is 1.00 bits per heavy atom. The average molecular weight is 441 g/mol. The maximum Gasteiger partial charge on any atom is 0.416 e. The first-order valence-corrected chi connectivity index (χ1v) is 9.35. The fourth-order valence-electron chi connectivity index (χ4n) is 2.74. The zero-order chi connectivity index (χ0) is 19.8. The van der Waals surface area contributed by atoms with Gasteiger partial charge in [0.05, 0.1) is 16.0 Å². The van der Waals surface area contributed by atoms with E-state index in [0.717, 1.165) is 6.54 Å². The Hall–Kier alpha value is -1.04. The minimum Gasteiger partial charge on any atom is -0.303 e. The third-order valence-corrected chi connectivity index (χ3v) is 5.73. The van der Waals surface area contributed by atoms with Crippen molar-refractivity contribution in [3.63, 3.8) is 0 Å². The highest BCUT2D eigenvalue weighted by atomic mass is 35.5. The average Bonchev–Trinajstić information content (AvgIpc) is 2.53. The summed E-state index contributed by atoms with van der Waals surface area (Å²) in [6, 6.07) is -0.192. The van der Waals surface area contributed by atoms with Gasteiger partial charge in [-0.1, -0.05) is 6.92 Å². The van der Waals surface area contributed by atoms with Gasteiger partial charge in [-0.25, -0.2) is 13.1 Å². The minimum absolute atomic E-state index is 0. The molecule has 0 aliphatic carbocycles. The van der Waals surface area contributed by atoms with Crippen LogP contribution in [0.2, 0.25) is 0 Å². The molecule has 1 aromatic carbocycles. The first kappa shape index (κ1) is 24.0. The number of piperidine rings is 1. The predicted molar refractivity (Wildman–Crippen MR) is 89.2 cm³/mol. The van der Waals surface area contributed by atoms with E-state index in [1.165, 1.54) is 0 Å². The Labute approximate surface area is 159 Å². The Kier molecular flexibility index (Phi) is 7.59. The van der Waals surface area contributed by atoms with Crippen molar-refractivity contribution < 1.29 is 34.8 Å². The highest BCUT2D eigenvalue weighted by Gasteiger charge is 2.38. The van der Waals surface area contributed by atoms with Crippen molar-refractivity contribution in [2.75, 3.05) is 19.6 Å². The van der Waals surface area contributed by atoms with Crippen LogP contribution < -0.4 is 4.72 Å². The van der Waals surface area contributed by atoms with Gasteiger partial charge in [0, 0.05) is 6.04 Å². The van der Waals surface area contributed by atoms with Crippen molar-refractivity contribution in [1.82, 2.24) is 9.62 Å². The molecule has 0 aromatic heterocycles. The van der Waals surface area contributed by atoms with Gasteiger partial charge in [-0.3, -0.25) is 0 Å². The molecular weight excluding hydrogens is 422 g/mol. The van der Waals surface area contributed by atoms with E-state index in [4.69, 9.17) is 0 Å². The number of halogens is 7. The minimum atomic E-state index is -5.10. The summed E-state index contributed by atoms with van der Waals surface area (Å²) in [5.74, 6) is 0. The van der Waals surface area contributed by atoms with E-state index in [9.17, 15) is 34.8 Å². The van der Waals surface area contributed by atoms with E-state index in [-0.39, 0.29) is 30.6 Å². The van der Waals surface area contributed by atoms with E-state index >= 15 is 0 Å². The molecule has 0 amide bonds. The van der Waals surface area contributed by atoms with Gasteiger partial charge in [-0.05, 0) is 50.7 Å². The van der Waals surface area contributed by atoms with Gasteiger partial charge in [0.2, 0.25) is 10.0 Å². The monoisotopic (exact) mass is 440 g/mol. The lowest BCUT2D eigenvalue weighted by Crippen LogP contribution is -2.44. The molecule has 1 heterocycles. The quantitative estimate of drug-likeness (QED) is 0.722. The highest BCUT2D eigenvalue weighted by Crippen LogP contribution is 2.37. The molecule has 2 rings (SSSR count). The van der Waals surface area contributed by atoms with E-state index in [0.29, 0.717) is 25.9 Å². The maximum absolute atomic E-state index is 12.9. The van der Waals surface area contributed by atoms with Gasteiger partial charge < -0.3 is 4.90 Å². The van der Waals surface area contributed by atoms with Crippen LogP contribution in [-0.2, 0) is 22.4 Å². The number of benzene rings is 1. The second-order valence-corrected chi connectivity index (χ2v) is 7.79. The SMILES string of the molecule is CCN1CCC(NS(=O)(=O)c2cc(C(F)(F)F)cc(C(F)(F)F)c2)CC1.Cl. The van der Waals surface area contributed by atoms with Crippen LogP contribution in [0.1, 0.15) is 30.9 Å². The third-order valence-electron chi connectivity index (χ3n) is 4.23. The molecule has 4 nitrogen and oxygen atoms in total. The largest absolute Gasteiger partial charge is 0.416 e. The van der Waals surface area contributed by atoms with Gasteiger partial charge in [0.25, 0.3) is 0 Å². The molecule has 12 heteroatoms. The molecule has 1 aromatic rings. The predicted octanol–water partition coefficient (Wildman–Crippen LogP) is 3.91. The Morgan fingerprint density at radius 2 is 1.44 bits per heavy atom. The van der Waals surface area contributed by atoms with Gasteiger partial charge >= 0.3 is 12.4 Å². The van der Waals surface area contributed by atoms with Gasteiger partial charge in [0.15, 0.2) is 0 Å². The van der Waals surface area contributed by atoms with Gasteiger partial charge in [0.1, 0.15) is 0 Å². The standard InChI is InChI=1S/C15H18F6N2O2S.ClH/c1-2-23-5-3-12(4-6-23)22-26(24,25)13-8-10(14(16,17)18)7-11(9-13)15(19,20)21;/h7-9,12,22H,2-6H2,1H3;1H. The van der Waals surface area contributed by atoms with Crippen LogP contribution in [0.15, 0.2) is 23.1 Å². The van der Waals surface area contributed by atoms with Crippen LogP contribution in [0.3, 0.4) is 0 Å². The molecule has 156 valence electrons. The summed E-state index contributed by atoms with van der Waals surface area (Å²) >= 11 is 0. The van der Waals surface area contributed by atoms with E-state index in [1.807, 2.05) is 6.92 Å². The fourth-order valence-corrected chi connectivity index (χ4v) is 4.11. The van der Waals surface area contributed by atoms with Crippen molar-refractivity contribution in [3.8, 4) is 0 Å². The molecule has 0 unspecified atom stereocenters. The number of alkyl halides is 6. The molecule has 1 saturated heterocycles. The Morgan fingerprint density at radius 3 is 1.81 bits per heavy atom. The van der Waals surface area contributed by atoms with Crippen molar-refractivity contribution in [2.24, 2.45) is 0 Å². The summed E-state index contributed by atoms with van der Waals surface area (Å²) in [7, 11) is -4.52. The lowest BCUT2D eigenvalue weighted by Gasteiger charge is -2.31.